The SMILES string of the molecule is COC1CN(Cc2cn(CCN)cn2)CCC1C. The normalized spacial score (nSPS) is 25.5. The summed E-state index contributed by atoms with van der Waals surface area (Å²) in [5.74, 6) is 0.654. The van der Waals surface area contributed by atoms with Crippen LogP contribution in [0, 0.1) is 5.92 Å². The Morgan fingerprint density at radius 3 is 3.11 bits per heavy atom. The lowest BCUT2D eigenvalue weighted by atomic mass is 9.96. The summed E-state index contributed by atoms with van der Waals surface area (Å²) in [4.78, 5) is 6.84. The minimum atomic E-state index is 0.352. The number of nitrogens with two attached hydrogens (primary N) is 1. The quantitative estimate of drug-likeness (QED) is 0.838. The maximum atomic E-state index is 5.53. The van der Waals surface area contributed by atoms with Crippen molar-refractivity contribution < 1.29 is 4.74 Å². The zero-order chi connectivity index (χ0) is 13.0. The van der Waals surface area contributed by atoms with Crippen LogP contribution in [-0.2, 0) is 17.8 Å². The Balaban J connectivity index is 1.88. The van der Waals surface area contributed by atoms with Crippen LogP contribution in [0.5, 0.6) is 0 Å². The van der Waals surface area contributed by atoms with E-state index in [0.717, 1.165) is 31.9 Å². The van der Waals surface area contributed by atoms with E-state index in [-0.39, 0.29) is 0 Å². The predicted octanol–water partition coefficient (Wildman–Crippen LogP) is 0.699. The molecule has 102 valence electrons. The van der Waals surface area contributed by atoms with E-state index in [0.29, 0.717) is 18.6 Å². The average molecular weight is 252 g/mol. The number of ether oxygens (including phenoxy) is 1. The van der Waals surface area contributed by atoms with Crippen LogP contribution >= 0.6 is 0 Å². The molecule has 5 heteroatoms. The Labute approximate surface area is 109 Å². The summed E-state index contributed by atoms with van der Waals surface area (Å²) in [7, 11) is 1.81. The minimum absolute atomic E-state index is 0.352. The van der Waals surface area contributed by atoms with E-state index in [4.69, 9.17) is 10.5 Å². The molecule has 0 aliphatic carbocycles. The topological polar surface area (TPSA) is 56.3 Å². The van der Waals surface area contributed by atoms with Gasteiger partial charge in [-0.2, -0.15) is 0 Å². The smallest absolute Gasteiger partial charge is 0.0950 e. The van der Waals surface area contributed by atoms with Crippen LogP contribution < -0.4 is 5.73 Å². The van der Waals surface area contributed by atoms with Gasteiger partial charge in [-0.05, 0) is 18.9 Å². The van der Waals surface area contributed by atoms with Crippen LogP contribution in [0.3, 0.4) is 0 Å². The van der Waals surface area contributed by atoms with E-state index in [9.17, 15) is 0 Å². The monoisotopic (exact) mass is 252 g/mol. The lowest BCUT2D eigenvalue weighted by Gasteiger charge is -2.35. The number of hydrogen-bond acceptors (Lipinski definition) is 4. The molecule has 5 nitrogen and oxygen atoms in total. The fraction of sp³-hybridized carbons (Fsp3) is 0.769. The Hall–Kier alpha value is -0.910. The third-order valence-corrected chi connectivity index (χ3v) is 3.74. The maximum Gasteiger partial charge on any atom is 0.0950 e. The molecule has 0 amide bonds. The molecule has 2 rings (SSSR count). The summed E-state index contributed by atoms with van der Waals surface area (Å²) < 4.78 is 7.58. The Kier molecular flexibility index (Phi) is 4.74. The van der Waals surface area contributed by atoms with Gasteiger partial charge in [0.05, 0.1) is 18.1 Å². The van der Waals surface area contributed by atoms with Crippen LogP contribution in [0.25, 0.3) is 0 Å². The zero-order valence-corrected chi connectivity index (χ0v) is 11.4. The molecular weight excluding hydrogens is 228 g/mol. The fourth-order valence-corrected chi connectivity index (χ4v) is 2.54. The Bertz CT molecular complexity index is 366. The van der Waals surface area contributed by atoms with Crippen molar-refractivity contribution in [3.63, 3.8) is 0 Å². The zero-order valence-electron chi connectivity index (χ0n) is 11.4. The van der Waals surface area contributed by atoms with E-state index >= 15 is 0 Å². The summed E-state index contributed by atoms with van der Waals surface area (Å²) >= 11 is 0. The molecule has 1 saturated heterocycles. The van der Waals surface area contributed by atoms with Crippen molar-refractivity contribution >= 4 is 0 Å². The molecule has 2 N–H and O–H groups in total. The second-order valence-electron chi connectivity index (χ2n) is 5.17. The summed E-state index contributed by atoms with van der Waals surface area (Å²) in [6, 6.07) is 0. The Morgan fingerprint density at radius 1 is 1.56 bits per heavy atom. The predicted molar refractivity (Wildman–Crippen MR) is 71.1 cm³/mol. The van der Waals surface area contributed by atoms with Crippen molar-refractivity contribution in [1.29, 1.82) is 0 Å². The van der Waals surface area contributed by atoms with E-state index in [1.165, 1.54) is 6.42 Å². The molecule has 1 aromatic rings. The average Bonchev–Trinajstić information content (AvgIpc) is 2.80. The first kappa shape index (κ1) is 13.5. The molecule has 18 heavy (non-hydrogen) atoms. The van der Waals surface area contributed by atoms with E-state index in [2.05, 4.69) is 27.6 Å². The van der Waals surface area contributed by atoms with Gasteiger partial charge in [-0.25, -0.2) is 4.98 Å². The number of rotatable bonds is 5. The number of imidazole rings is 1. The number of aromatic nitrogens is 2. The van der Waals surface area contributed by atoms with E-state index < -0.39 is 0 Å². The van der Waals surface area contributed by atoms with Crippen molar-refractivity contribution in [1.82, 2.24) is 14.5 Å². The summed E-state index contributed by atoms with van der Waals surface area (Å²) in [6.07, 6.45) is 5.50. The molecule has 0 spiro atoms. The highest BCUT2D eigenvalue weighted by Gasteiger charge is 2.26. The van der Waals surface area contributed by atoms with Gasteiger partial charge < -0.3 is 15.0 Å². The van der Waals surface area contributed by atoms with E-state index in [1.807, 2.05) is 6.33 Å². The molecule has 1 aliphatic rings. The van der Waals surface area contributed by atoms with Crippen LogP contribution in [0.15, 0.2) is 12.5 Å². The Morgan fingerprint density at radius 2 is 2.39 bits per heavy atom. The van der Waals surface area contributed by atoms with Gasteiger partial charge in [-0.1, -0.05) is 6.92 Å². The van der Waals surface area contributed by atoms with Gasteiger partial charge in [0, 0.05) is 39.5 Å². The van der Waals surface area contributed by atoms with Crippen molar-refractivity contribution in [2.75, 3.05) is 26.7 Å². The molecule has 1 aromatic heterocycles. The van der Waals surface area contributed by atoms with Gasteiger partial charge in [0.1, 0.15) is 0 Å². The highest BCUT2D eigenvalue weighted by atomic mass is 16.5. The van der Waals surface area contributed by atoms with Crippen molar-refractivity contribution in [3.8, 4) is 0 Å². The molecule has 0 bridgehead atoms. The molecule has 1 fully saturated rings. The van der Waals surface area contributed by atoms with Crippen LogP contribution in [0.4, 0.5) is 0 Å². The van der Waals surface area contributed by atoms with Gasteiger partial charge in [-0.3, -0.25) is 4.90 Å². The maximum absolute atomic E-state index is 5.53. The highest BCUT2D eigenvalue weighted by Crippen LogP contribution is 2.20. The fourth-order valence-electron chi connectivity index (χ4n) is 2.54. The first-order chi connectivity index (χ1) is 8.72. The molecule has 0 saturated carbocycles. The summed E-state index contributed by atoms with van der Waals surface area (Å²) in [6.45, 7) is 6.80. The number of nitrogens with zero attached hydrogens (tertiary/aromatic N) is 3. The van der Waals surface area contributed by atoms with Crippen molar-refractivity contribution in [2.24, 2.45) is 11.7 Å². The lowest BCUT2D eigenvalue weighted by Crippen LogP contribution is -2.43. The standard InChI is InChI=1S/C13H24N4O/c1-11-3-5-16(9-13(11)18-2)7-12-8-17(6-4-14)10-15-12/h8,10-11,13H,3-7,9,14H2,1-2H3. The third-order valence-electron chi connectivity index (χ3n) is 3.74. The van der Waals surface area contributed by atoms with E-state index in [1.54, 1.807) is 7.11 Å². The molecule has 1 aliphatic heterocycles. The van der Waals surface area contributed by atoms with Gasteiger partial charge >= 0.3 is 0 Å². The molecular formula is C13H24N4O. The van der Waals surface area contributed by atoms with Crippen LogP contribution in [-0.4, -0.2) is 47.3 Å². The first-order valence-electron chi connectivity index (χ1n) is 6.68. The number of piperidine rings is 1. The number of likely N-dealkylation sites (tertiary alicyclic amines) is 1. The molecule has 2 heterocycles. The number of hydrogen-bond donors (Lipinski definition) is 1. The minimum Gasteiger partial charge on any atom is -0.380 e. The second-order valence-corrected chi connectivity index (χ2v) is 5.17. The van der Waals surface area contributed by atoms with Crippen LogP contribution in [0.1, 0.15) is 19.0 Å². The first-order valence-corrected chi connectivity index (χ1v) is 6.68. The van der Waals surface area contributed by atoms with Gasteiger partial charge in [0.15, 0.2) is 0 Å². The van der Waals surface area contributed by atoms with Gasteiger partial charge in [0.2, 0.25) is 0 Å². The van der Waals surface area contributed by atoms with Crippen LogP contribution in [0.2, 0.25) is 0 Å². The second kappa shape index (κ2) is 6.31. The number of methoxy groups -OCH3 is 1. The lowest BCUT2D eigenvalue weighted by molar-refractivity contribution is -0.00776. The third kappa shape index (κ3) is 3.31. The molecule has 0 radical (unpaired) electrons. The largest absolute Gasteiger partial charge is 0.380 e. The van der Waals surface area contributed by atoms with Crippen molar-refractivity contribution in [2.45, 2.75) is 32.5 Å². The highest BCUT2D eigenvalue weighted by molar-refractivity contribution is 4.97. The van der Waals surface area contributed by atoms with Crippen molar-refractivity contribution in [3.05, 3.63) is 18.2 Å². The molecule has 0 aromatic carbocycles. The van der Waals surface area contributed by atoms with Gasteiger partial charge in [-0.15, -0.1) is 0 Å². The van der Waals surface area contributed by atoms with Gasteiger partial charge in [0.25, 0.3) is 0 Å². The molecule has 2 atom stereocenters. The molecule has 2 unspecified atom stereocenters. The summed E-state index contributed by atoms with van der Waals surface area (Å²) in [5, 5.41) is 0. The summed E-state index contributed by atoms with van der Waals surface area (Å²) in [5.41, 5.74) is 6.65.